The van der Waals surface area contributed by atoms with Gasteiger partial charge in [-0.1, -0.05) is 30.3 Å². The van der Waals surface area contributed by atoms with E-state index >= 15 is 0 Å². The Morgan fingerprint density at radius 1 is 1.29 bits per heavy atom. The second-order valence-corrected chi connectivity index (χ2v) is 6.32. The fraction of sp³-hybridized carbons (Fsp3) is 0.444. The Bertz CT molecular complexity index is 661. The molecule has 0 bridgehead atoms. The first kappa shape index (κ1) is 16.5. The number of nitrogens with zero attached hydrogens (tertiary/aromatic N) is 3. The molecule has 0 radical (unpaired) electrons. The SMILES string of the molecule is CN(C)C1CCN(C(=O)NCc2ncc(-c3ccccc3)o2)CC1. The zero-order valence-corrected chi connectivity index (χ0v) is 14.2. The van der Waals surface area contributed by atoms with Crippen LogP contribution < -0.4 is 5.32 Å². The molecule has 2 aromatic rings. The average Bonchev–Trinajstić information content (AvgIpc) is 3.09. The predicted octanol–water partition coefficient (Wildman–Crippen LogP) is 2.58. The molecule has 3 rings (SSSR count). The highest BCUT2D eigenvalue weighted by molar-refractivity contribution is 5.74. The zero-order chi connectivity index (χ0) is 16.9. The van der Waals surface area contributed by atoms with Gasteiger partial charge >= 0.3 is 6.03 Å². The van der Waals surface area contributed by atoms with E-state index in [-0.39, 0.29) is 6.03 Å². The summed E-state index contributed by atoms with van der Waals surface area (Å²) in [5, 5.41) is 2.89. The van der Waals surface area contributed by atoms with E-state index in [0.717, 1.165) is 31.5 Å². The van der Waals surface area contributed by atoms with Crippen molar-refractivity contribution in [2.45, 2.75) is 25.4 Å². The molecule has 0 unspecified atom stereocenters. The minimum atomic E-state index is -0.0494. The molecule has 6 heteroatoms. The van der Waals surface area contributed by atoms with Gasteiger partial charge in [0.2, 0.25) is 5.89 Å². The molecule has 1 saturated heterocycles. The summed E-state index contributed by atoms with van der Waals surface area (Å²) in [6, 6.07) is 10.3. The Labute approximate surface area is 142 Å². The molecule has 0 spiro atoms. The van der Waals surface area contributed by atoms with Crippen LogP contribution in [-0.2, 0) is 6.54 Å². The van der Waals surface area contributed by atoms with Gasteiger partial charge in [-0.25, -0.2) is 9.78 Å². The molecule has 1 aliphatic rings. The Kier molecular flexibility index (Phi) is 5.15. The van der Waals surface area contributed by atoms with E-state index in [1.54, 1.807) is 6.20 Å². The summed E-state index contributed by atoms with van der Waals surface area (Å²) < 4.78 is 5.70. The molecular weight excluding hydrogens is 304 g/mol. The van der Waals surface area contributed by atoms with Crippen LogP contribution >= 0.6 is 0 Å². The molecule has 1 aliphatic heterocycles. The number of aromatic nitrogens is 1. The summed E-state index contributed by atoms with van der Waals surface area (Å²) in [5.41, 5.74) is 0.980. The number of hydrogen-bond acceptors (Lipinski definition) is 4. The fourth-order valence-corrected chi connectivity index (χ4v) is 2.98. The van der Waals surface area contributed by atoms with Gasteiger partial charge in [0.05, 0.1) is 12.7 Å². The number of piperidine rings is 1. The Hall–Kier alpha value is -2.34. The van der Waals surface area contributed by atoms with Crippen molar-refractivity contribution in [1.29, 1.82) is 0 Å². The van der Waals surface area contributed by atoms with Crippen LogP contribution in [0.3, 0.4) is 0 Å². The second kappa shape index (κ2) is 7.49. The maximum absolute atomic E-state index is 12.3. The summed E-state index contributed by atoms with van der Waals surface area (Å²) in [7, 11) is 4.18. The standard InChI is InChI=1S/C18H24N4O2/c1-21(2)15-8-10-22(11-9-15)18(23)20-13-17-19-12-16(24-17)14-6-4-3-5-7-14/h3-7,12,15H,8-11,13H2,1-2H3,(H,20,23). The van der Waals surface area contributed by atoms with Gasteiger partial charge in [0.25, 0.3) is 0 Å². The lowest BCUT2D eigenvalue weighted by molar-refractivity contribution is 0.147. The molecule has 0 atom stereocenters. The van der Waals surface area contributed by atoms with Gasteiger partial charge in [0.15, 0.2) is 5.76 Å². The maximum atomic E-state index is 12.3. The van der Waals surface area contributed by atoms with Crippen molar-refractivity contribution in [2.24, 2.45) is 0 Å². The van der Waals surface area contributed by atoms with Gasteiger partial charge in [-0.05, 0) is 26.9 Å². The van der Waals surface area contributed by atoms with Crippen LogP contribution in [0.4, 0.5) is 4.79 Å². The predicted molar refractivity (Wildman–Crippen MR) is 92.5 cm³/mol. The molecule has 1 N–H and O–H groups in total. The van der Waals surface area contributed by atoms with Crippen LogP contribution in [0.15, 0.2) is 40.9 Å². The third kappa shape index (κ3) is 3.94. The number of likely N-dealkylation sites (tertiary alicyclic amines) is 1. The van der Waals surface area contributed by atoms with Crippen molar-refractivity contribution in [2.75, 3.05) is 27.2 Å². The highest BCUT2D eigenvalue weighted by Crippen LogP contribution is 2.19. The Morgan fingerprint density at radius 3 is 2.67 bits per heavy atom. The van der Waals surface area contributed by atoms with Crippen LogP contribution in [0.2, 0.25) is 0 Å². The van der Waals surface area contributed by atoms with Crippen LogP contribution in [0.5, 0.6) is 0 Å². The van der Waals surface area contributed by atoms with Gasteiger partial charge in [0, 0.05) is 24.7 Å². The summed E-state index contributed by atoms with van der Waals surface area (Å²) in [5.74, 6) is 1.23. The van der Waals surface area contributed by atoms with Gasteiger partial charge in [-0.15, -0.1) is 0 Å². The van der Waals surface area contributed by atoms with Crippen LogP contribution in [0, 0.1) is 0 Å². The highest BCUT2D eigenvalue weighted by Gasteiger charge is 2.23. The highest BCUT2D eigenvalue weighted by atomic mass is 16.4. The molecule has 0 aliphatic carbocycles. The van der Waals surface area contributed by atoms with E-state index in [1.165, 1.54) is 0 Å². The second-order valence-electron chi connectivity index (χ2n) is 6.32. The summed E-state index contributed by atoms with van der Waals surface area (Å²) in [6.45, 7) is 1.88. The van der Waals surface area contributed by atoms with Crippen molar-refractivity contribution < 1.29 is 9.21 Å². The van der Waals surface area contributed by atoms with E-state index in [2.05, 4.69) is 29.3 Å². The van der Waals surface area contributed by atoms with Crippen molar-refractivity contribution in [3.05, 3.63) is 42.4 Å². The summed E-state index contributed by atoms with van der Waals surface area (Å²) >= 11 is 0. The Morgan fingerprint density at radius 2 is 2.00 bits per heavy atom. The zero-order valence-electron chi connectivity index (χ0n) is 14.2. The molecule has 1 aromatic heterocycles. The van der Waals surface area contributed by atoms with Gasteiger partial charge < -0.3 is 19.5 Å². The number of oxazole rings is 1. The number of amides is 2. The number of urea groups is 1. The molecule has 2 amide bonds. The number of nitrogens with one attached hydrogen (secondary N) is 1. The molecule has 1 fully saturated rings. The van der Waals surface area contributed by atoms with Crippen LogP contribution in [-0.4, -0.2) is 54.0 Å². The largest absolute Gasteiger partial charge is 0.439 e. The average molecular weight is 328 g/mol. The minimum Gasteiger partial charge on any atom is -0.439 e. The van der Waals surface area contributed by atoms with E-state index in [4.69, 9.17) is 4.42 Å². The summed E-state index contributed by atoms with van der Waals surface area (Å²) in [4.78, 5) is 20.6. The molecular formula is C18H24N4O2. The lowest BCUT2D eigenvalue weighted by Gasteiger charge is -2.35. The molecule has 1 aromatic carbocycles. The molecule has 24 heavy (non-hydrogen) atoms. The van der Waals surface area contributed by atoms with E-state index in [9.17, 15) is 4.79 Å². The minimum absolute atomic E-state index is 0.0494. The van der Waals surface area contributed by atoms with Crippen molar-refractivity contribution in [1.82, 2.24) is 20.1 Å². The maximum Gasteiger partial charge on any atom is 0.317 e. The first-order chi connectivity index (χ1) is 11.6. The van der Waals surface area contributed by atoms with Gasteiger partial charge in [0.1, 0.15) is 0 Å². The van der Waals surface area contributed by atoms with E-state index < -0.39 is 0 Å². The van der Waals surface area contributed by atoms with Crippen LogP contribution in [0.25, 0.3) is 11.3 Å². The number of carbonyl (C=O) groups is 1. The third-order valence-corrected chi connectivity index (χ3v) is 4.48. The van der Waals surface area contributed by atoms with Crippen LogP contribution in [0.1, 0.15) is 18.7 Å². The van der Waals surface area contributed by atoms with Gasteiger partial charge in [-0.2, -0.15) is 0 Å². The summed E-state index contributed by atoms with van der Waals surface area (Å²) in [6.07, 6.45) is 3.72. The van der Waals surface area contributed by atoms with Crippen molar-refractivity contribution in [3.63, 3.8) is 0 Å². The topological polar surface area (TPSA) is 61.6 Å². The molecule has 2 heterocycles. The lowest BCUT2D eigenvalue weighted by Crippen LogP contribution is -2.48. The molecule has 6 nitrogen and oxygen atoms in total. The smallest absolute Gasteiger partial charge is 0.317 e. The first-order valence-corrected chi connectivity index (χ1v) is 8.33. The quantitative estimate of drug-likeness (QED) is 0.937. The molecule has 0 saturated carbocycles. The van der Waals surface area contributed by atoms with Gasteiger partial charge in [-0.3, -0.25) is 0 Å². The van der Waals surface area contributed by atoms with Crippen molar-refractivity contribution >= 4 is 6.03 Å². The lowest BCUT2D eigenvalue weighted by atomic mass is 10.0. The number of carbonyl (C=O) groups excluding carboxylic acids is 1. The van der Waals surface area contributed by atoms with E-state index in [1.807, 2.05) is 35.2 Å². The Balaban J connectivity index is 1.50. The van der Waals surface area contributed by atoms with Crippen molar-refractivity contribution in [3.8, 4) is 11.3 Å². The third-order valence-electron chi connectivity index (χ3n) is 4.48. The first-order valence-electron chi connectivity index (χ1n) is 8.33. The molecule has 128 valence electrons. The number of hydrogen-bond donors (Lipinski definition) is 1. The normalized spacial score (nSPS) is 15.7. The monoisotopic (exact) mass is 328 g/mol. The van der Waals surface area contributed by atoms with E-state index in [0.29, 0.717) is 24.2 Å². The number of benzene rings is 1. The number of rotatable bonds is 4. The fourth-order valence-electron chi connectivity index (χ4n) is 2.98.